The first-order valence-electron chi connectivity index (χ1n) is 13.2. The molecule has 43 heavy (non-hydrogen) atoms. The highest BCUT2D eigenvalue weighted by Gasteiger charge is 2.51. The number of hydrogen-bond donors (Lipinski definition) is 4. The molecule has 0 bridgehead atoms. The Morgan fingerprint density at radius 3 is 2.67 bits per heavy atom. The summed E-state index contributed by atoms with van der Waals surface area (Å²) >= 11 is 0.992. The Bertz CT molecular complexity index is 1710. The van der Waals surface area contributed by atoms with E-state index in [4.69, 9.17) is 15.3 Å². The van der Waals surface area contributed by atoms with E-state index in [0.29, 0.717) is 11.8 Å². The number of anilines is 2. The van der Waals surface area contributed by atoms with Crippen molar-refractivity contribution in [2.45, 2.75) is 50.8 Å². The summed E-state index contributed by atoms with van der Waals surface area (Å²) in [6, 6.07) is 6.46. The second-order valence-electron chi connectivity index (χ2n) is 10.2. The van der Waals surface area contributed by atoms with Crippen molar-refractivity contribution in [3.8, 4) is 5.75 Å². The number of fused-ring (bicyclic) bond motifs is 1. The lowest BCUT2D eigenvalue weighted by molar-refractivity contribution is -0.152. The highest BCUT2D eigenvalue weighted by atomic mass is 32.2. The van der Waals surface area contributed by atoms with Gasteiger partial charge in [0.25, 0.3) is 6.10 Å². The number of pyridine rings is 1. The number of aliphatic carboxylic acids is 1. The van der Waals surface area contributed by atoms with Crippen molar-refractivity contribution in [2.24, 2.45) is 11.1 Å². The third-order valence-electron chi connectivity index (χ3n) is 7.30. The first-order chi connectivity index (χ1) is 20.4. The van der Waals surface area contributed by atoms with E-state index in [1.165, 1.54) is 18.7 Å². The molecule has 3 atom stereocenters. The summed E-state index contributed by atoms with van der Waals surface area (Å²) in [5.74, 6) is -3.09. The smallest absolute Gasteiger partial charge is 0.362 e. The zero-order valence-corrected chi connectivity index (χ0v) is 24.4. The SMILES string of the molecule is C[C@H]1C(CC(=O)/C(=N\O[C@@H](COc2ccc3c(NC4CCC4)nccc3c2)C(=O)O)c2csc(N)n2)C(=O)N1S(=O)(=O)O. The standard InChI is InChI=1S/C26H28N6O9S2/c1-13-18(24(34)32(13)43(37,38)39)10-20(33)22(19-12-42-26(27)30-19)31-41-21(25(35)36)11-40-16-5-6-17-14(9-16)7-8-28-23(17)29-15-3-2-4-15/h5-9,12-13,15,18,21H,2-4,10-11H2,1H3,(H2,27,30)(H,28,29)(H,35,36)(H,37,38,39)/b31-22-/t13-,18?,21-/m0/s1. The van der Waals surface area contributed by atoms with E-state index in [1.54, 1.807) is 18.3 Å². The fourth-order valence-corrected chi connectivity index (χ4v) is 6.19. The highest BCUT2D eigenvalue weighted by Crippen LogP contribution is 2.32. The fourth-order valence-electron chi connectivity index (χ4n) is 4.71. The molecule has 1 amide bonds. The minimum Gasteiger partial charge on any atom is -0.489 e. The van der Waals surface area contributed by atoms with Crippen molar-refractivity contribution < 1.29 is 42.0 Å². The number of benzene rings is 1. The molecule has 5 N–H and O–H groups in total. The summed E-state index contributed by atoms with van der Waals surface area (Å²) < 4.78 is 38.0. The van der Waals surface area contributed by atoms with E-state index in [2.05, 4.69) is 20.4 Å². The average molecular weight is 633 g/mol. The van der Waals surface area contributed by atoms with Crippen LogP contribution in [0.25, 0.3) is 10.8 Å². The molecule has 15 nitrogen and oxygen atoms in total. The van der Waals surface area contributed by atoms with Gasteiger partial charge in [-0.1, -0.05) is 5.16 Å². The molecule has 2 aliphatic rings. The molecule has 5 rings (SSSR count). The van der Waals surface area contributed by atoms with Gasteiger partial charge >= 0.3 is 16.3 Å². The number of ether oxygens (including phenoxy) is 1. The molecule has 1 aliphatic carbocycles. The van der Waals surface area contributed by atoms with Crippen LogP contribution in [-0.2, 0) is 29.5 Å². The van der Waals surface area contributed by atoms with Gasteiger partial charge in [-0.05, 0) is 55.8 Å². The molecule has 228 valence electrons. The van der Waals surface area contributed by atoms with Gasteiger partial charge in [0.15, 0.2) is 16.6 Å². The number of carboxylic acids is 1. The van der Waals surface area contributed by atoms with Crippen LogP contribution >= 0.6 is 11.3 Å². The van der Waals surface area contributed by atoms with Crippen LogP contribution in [-0.4, -0.2) is 80.5 Å². The molecular formula is C26H28N6O9S2. The lowest BCUT2D eigenvalue weighted by Gasteiger charge is -2.41. The van der Waals surface area contributed by atoms with E-state index in [9.17, 15) is 32.5 Å². The molecule has 3 heterocycles. The maximum absolute atomic E-state index is 13.1. The van der Waals surface area contributed by atoms with Gasteiger partial charge in [-0.25, -0.2) is 19.1 Å². The van der Waals surface area contributed by atoms with Crippen molar-refractivity contribution in [1.29, 1.82) is 0 Å². The molecule has 1 unspecified atom stereocenters. The number of amides is 1. The zero-order valence-electron chi connectivity index (χ0n) is 22.7. The van der Waals surface area contributed by atoms with E-state index in [-0.39, 0.29) is 15.1 Å². The van der Waals surface area contributed by atoms with Gasteiger partial charge in [-0.15, -0.1) is 11.3 Å². The Kier molecular flexibility index (Phi) is 8.48. The quantitative estimate of drug-likeness (QED) is 0.0918. The number of ketones is 1. The van der Waals surface area contributed by atoms with E-state index in [1.807, 2.05) is 12.1 Å². The number of nitrogens with two attached hydrogens (primary N) is 1. The van der Waals surface area contributed by atoms with Crippen LogP contribution in [0.4, 0.5) is 10.9 Å². The number of rotatable bonds is 13. The van der Waals surface area contributed by atoms with Crippen LogP contribution in [0, 0.1) is 5.92 Å². The Morgan fingerprint density at radius 2 is 2.07 bits per heavy atom. The number of hydrogen-bond acceptors (Lipinski definition) is 13. The molecule has 2 fully saturated rings. The third kappa shape index (κ3) is 6.52. The van der Waals surface area contributed by atoms with Gasteiger partial charge in [0.1, 0.15) is 23.9 Å². The molecule has 17 heteroatoms. The number of nitrogen functional groups attached to an aromatic ring is 1. The predicted octanol–water partition coefficient (Wildman–Crippen LogP) is 2.10. The zero-order chi connectivity index (χ0) is 30.9. The van der Waals surface area contributed by atoms with Gasteiger partial charge in [-0.3, -0.25) is 14.1 Å². The normalized spacial score (nSPS) is 19.8. The molecule has 2 aromatic heterocycles. The number of thiazole rings is 1. The maximum atomic E-state index is 13.1. The molecule has 1 saturated heterocycles. The Balaban J connectivity index is 1.29. The minimum absolute atomic E-state index is 0.0157. The number of oxime groups is 1. The van der Waals surface area contributed by atoms with Crippen LogP contribution in [0.5, 0.6) is 5.75 Å². The lowest BCUT2D eigenvalue weighted by atomic mass is 9.86. The van der Waals surface area contributed by atoms with Gasteiger partial charge < -0.3 is 25.7 Å². The largest absolute Gasteiger partial charge is 0.489 e. The topological polar surface area (TPSA) is 224 Å². The van der Waals surface area contributed by atoms with Crippen molar-refractivity contribution >= 4 is 66.7 Å². The molecule has 0 spiro atoms. The number of carbonyl (C=O) groups is 3. The summed E-state index contributed by atoms with van der Waals surface area (Å²) in [6.07, 6.45) is 2.90. The van der Waals surface area contributed by atoms with Gasteiger partial charge in [0, 0.05) is 29.4 Å². The fraction of sp³-hybridized carbons (Fsp3) is 0.385. The van der Waals surface area contributed by atoms with E-state index in [0.717, 1.165) is 40.8 Å². The molecule has 0 radical (unpaired) electrons. The van der Waals surface area contributed by atoms with Gasteiger partial charge in [0.2, 0.25) is 5.91 Å². The minimum atomic E-state index is -4.78. The van der Waals surface area contributed by atoms with Crippen LogP contribution in [0.15, 0.2) is 41.0 Å². The summed E-state index contributed by atoms with van der Waals surface area (Å²) in [6.45, 7) is 0.888. The molecule has 1 aliphatic heterocycles. The Morgan fingerprint density at radius 1 is 1.30 bits per heavy atom. The Labute approximate surface area is 249 Å². The third-order valence-corrected chi connectivity index (χ3v) is 8.98. The molecule has 3 aromatic rings. The van der Waals surface area contributed by atoms with Gasteiger partial charge in [0.05, 0.1) is 12.0 Å². The first-order valence-corrected chi connectivity index (χ1v) is 15.5. The summed E-state index contributed by atoms with van der Waals surface area (Å²) in [7, 11) is -4.78. The molecule has 1 aromatic carbocycles. The average Bonchev–Trinajstić information content (AvgIpc) is 3.35. The number of carbonyl (C=O) groups excluding carboxylic acids is 2. The number of Topliss-reactive ketones (excluding diaryl/α,β-unsaturated/α-hetero) is 1. The summed E-state index contributed by atoms with van der Waals surface area (Å²) in [4.78, 5) is 51.0. The van der Waals surface area contributed by atoms with Crippen molar-refractivity contribution in [2.75, 3.05) is 17.7 Å². The second kappa shape index (κ2) is 12.1. The first kappa shape index (κ1) is 30.1. The van der Waals surface area contributed by atoms with E-state index < -0.39 is 64.8 Å². The molecule has 1 saturated carbocycles. The maximum Gasteiger partial charge on any atom is 0.362 e. The van der Waals surface area contributed by atoms with Crippen LogP contribution in [0.3, 0.4) is 0 Å². The lowest BCUT2D eigenvalue weighted by Crippen LogP contribution is -2.62. The summed E-state index contributed by atoms with van der Waals surface area (Å²) in [5, 5.41) is 20.1. The number of nitrogens with one attached hydrogen (secondary N) is 1. The van der Waals surface area contributed by atoms with Crippen LogP contribution in [0.2, 0.25) is 0 Å². The Hall–Kier alpha value is -4.35. The van der Waals surface area contributed by atoms with E-state index >= 15 is 0 Å². The van der Waals surface area contributed by atoms with Crippen molar-refractivity contribution in [3.05, 3.63) is 41.5 Å². The van der Waals surface area contributed by atoms with Crippen LogP contribution < -0.4 is 15.8 Å². The monoisotopic (exact) mass is 632 g/mol. The predicted molar refractivity (Wildman–Crippen MR) is 155 cm³/mol. The highest BCUT2D eigenvalue weighted by molar-refractivity contribution is 7.84. The molecular weight excluding hydrogens is 604 g/mol. The number of β-lactam (4-membered cyclic amide) rings is 1. The van der Waals surface area contributed by atoms with Crippen molar-refractivity contribution in [3.63, 3.8) is 0 Å². The number of aromatic nitrogens is 2. The van der Waals surface area contributed by atoms with Crippen LogP contribution in [0.1, 0.15) is 38.3 Å². The second-order valence-corrected chi connectivity index (χ2v) is 12.3. The van der Waals surface area contributed by atoms with Crippen molar-refractivity contribution in [1.82, 2.24) is 14.3 Å². The summed E-state index contributed by atoms with van der Waals surface area (Å²) in [5.41, 5.74) is 5.26. The number of carboxylic acid groups (broad SMARTS) is 1. The number of nitrogens with zero attached hydrogens (tertiary/aromatic N) is 4. The van der Waals surface area contributed by atoms with Gasteiger partial charge in [-0.2, -0.15) is 8.42 Å².